The lowest BCUT2D eigenvalue weighted by molar-refractivity contribution is 0.0602. The Morgan fingerprint density at radius 1 is 1.32 bits per heavy atom. The molecule has 1 aromatic carbocycles. The van der Waals surface area contributed by atoms with Gasteiger partial charge in [0.05, 0.1) is 6.61 Å². The normalized spacial score (nSPS) is 16.5. The van der Waals surface area contributed by atoms with E-state index in [9.17, 15) is 4.79 Å². The Kier molecular flexibility index (Phi) is 6.68. The van der Waals surface area contributed by atoms with Gasteiger partial charge in [0.15, 0.2) is 0 Å². The summed E-state index contributed by atoms with van der Waals surface area (Å²) in [5.74, 6) is 0. The molecule has 5 heteroatoms. The Balaban J connectivity index is 1.82. The van der Waals surface area contributed by atoms with E-state index in [1.807, 2.05) is 42.2 Å². The molecule has 2 rings (SSSR count). The van der Waals surface area contributed by atoms with Crippen molar-refractivity contribution in [2.75, 3.05) is 32.8 Å². The van der Waals surface area contributed by atoms with Crippen molar-refractivity contribution in [2.24, 2.45) is 0 Å². The van der Waals surface area contributed by atoms with Crippen molar-refractivity contribution in [3.63, 3.8) is 0 Å². The molecule has 1 heterocycles. The van der Waals surface area contributed by atoms with Crippen molar-refractivity contribution in [1.82, 2.24) is 9.80 Å². The van der Waals surface area contributed by atoms with E-state index in [0.717, 1.165) is 38.0 Å². The molecule has 122 valence electrons. The van der Waals surface area contributed by atoms with E-state index >= 15 is 0 Å². The maximum absolute atomic E-state index is 12.3. The number of hydrogen-bond donors (Lipinski definition) is 1. The van der Waals surface area contributed by atoms with Crippen molar-refractivity contribution in [2.45, 2.75) is 32.4 Å². The Morgan fingerprint density at radius 2 is 2.00 bits per heavy atom. The smallest absolute Gasteiger partial charge is 0.410 e. The second kappa shape index (κ2) is 8.76. The van der Waals surface area contributed by atoms with Gasteiger partial charge < -0.3 is 19.6 Å². The zero-order valence-corrected chi connectivity index (χ0v) is 13.3. The Hall–Kier alpha value is -1.59. The van der Waals surface area contributed by atoms with E-state index in [2.05, 4.69) is 4.90 Å². The van der Waals surface area contributed by atoms with Gasteiger partial charge >= 0.3 is 6.09 Å². The van der Waals surface area contributed by atoms with E-state index in [4.69, 9.17) is 9.84 Å². The van der Waals surface area contributed by atoms with Gasteiger partial charge in [-0.2, -0.15) is 0 Å². The molecule has 1 aliphatic rings. The molecule has 22 heavy (non-hydrogen) atoms. The van der Waals surface area contributed by atoms with Crippen LogP contribution in [0, 0.1) is 0 Å². The van der Waals surface area contributed by atoms with Crippen LogP contribution in [0.4, 0.5) is 4.79 Å². The number of rotatable bonds is 6. The monoisotopic (exact) mass is 306 g/mol. The fraction of sp³-hybridized carbons (Fsp3) is 0.588. The molecular formula is C17H26N2O3. The van der Waals surface area contributed by atoms with Gasteiger partial charge in [-0.3, -0.25) is 0 Å². The van der Waals surface area contributed by atoms with Crippen molar-refractivity contribution < 1.29 is 14.6 Å². The second-order valence-electron chi connectivity index (χ2n) is 5.62. The SMILES string of the molecule is CCN(C(=O)OCc1ccccc1)C1CCN(CCO)CC1. The lowest BCUT2D eigenvalue weighted by Gasteiger charge is -2.37. The third-order valence-corrected chi connectivity index (χ3v) is 4.19. The average Bonchev–Trinajstić information content (AvgIpc) is 2.56. The summed E-state index contributed by atoms with van der Waals surface area (Å²) in [6.45, 7) is 5.74. The first kappa shape index (κ1) is 16.8. The van der Waals surface area contributed by atoms with Crippen LogP contribution in [-0.2, 0) is 11.3 Å². The predicted octanol–water partition coefficient (Wildman–Crippen LogP) is 2.10. The van der Waals surface area contributed by atoms with Crippen molar-refractivity contribution in [3.05, 3.63) is 35.9 Å². The number of piperidine rings is 1. The molecule has 0 radical (unpaired) electrons. The number of hydrogen-bond acceptors (Lipinski definition) is 4. The highest BCUT2D eigenvalue weighted by atomic mass is 16.6. The lowest BCUT2D eigenvalue weighted by Crippen LogP contribution is -2.47. The molecule has 1 aromatic rings. The van der Waals surface area contributed by atoms with Gasteiger partial charge in [-0.05, 0) is 25.3 Å². The summed E-state index contributed by atoms with van der Waals surface area (Å²) >= 11 is 0. The minimum atomic E-state index is -0.230. The van der Waals surface area contributed by atoms with Crippen LogP contribution < -0.4 is 0 Å². The highest BCUT2D eigenvalue weighted by molar-refractivity contribution is 5.68. The number of likely N-dealkylation sites (tertiary alicyclic amines) is 1. The number of carbonyl (C=O) groups excluding carboxylic acids is 1. The molecule has 0 aromatic heterocycles. The summed E-state index contributed by atoms with van der Waals surface area (Å²) in [6.07, 6.45) is 1.65. The largest absolute Gasteiger partial charge is 0.445 e. The first-order valence-corrected chi connectivity index (χ1v) is 8.05. The Labute approximate surface area is 132 Å². The quantitative estimate of drug-likeness (QED) is 0.874. The standard InChI is InChI=1S/C17H26N2O3/c1-2-19(16-8-10-18(11-9-16)12-13-20)17(21)22-14-15-6-4-3-5-7-15/h3-7,16,20H,2,8-14H2,1H3. The van der Waals surface area contributed by atoms with E-state index in [1.54, 1.807) is 0 Å². The van der Waals surface area contributed by atoms with E-state index in [-0.39, 0.29) is 18.7 Å². The zero-order valence-electron chi connectivity index (χ0n) is 13.3. The van der Waals surface area contributed by atoms with Crippen LogP contribution in [0.15, 0.2) is 30.3 Å². The van der Waals surface area contributed by atoms with Crippen LogP contribution in [-0.4, -0.2) is 59.8 Å². The molecule has 0 aliphatic carbocycles. The van der Waals surface area contributed by atoms with Gasteiger partial charge in [0.1, 0.15) is 6.61 Å². The van der Waals surface area contributed by atoms with Gasteiger partial charge in [-0.15, -0.1) is 0 Å². The molecule has 0 spiro atoms. The molecule has 0 bridgehead atoms. The molecule has 0 atom stereocenters. The highest BCUT2D eigenvalue weighted by Gasteiger charge is 2.27. The minimum Gasteiger partial charge on any atom is -0.445 e. The number of ether oxygens (including phenoxy) is 1. The second-order valence-corrected chi connectivity index (χ2v) is 5.62. The maximum atomic E-state index is 12.3. The van der Waals surface area contributed by atoms with Crippen molar-refractivity contribution in [3.8, 4) is 0 Å². The Bertz CT molecular complexity index is 444. The summed E-state index contributed by atoms with van der Waals surface area (Å²) in [7, 11) is 0. The van der Waals surface area contributed by atoms with Crippen LogP contribution in [0.2, 0.25) is 0 Å². The number of amides is 1. The van der Waals surface area contributed by atoms with Crippen LogP contribution in [0.5, 0.6) is 0 Å². The molecule has 0 saturated carbocycles. The van der Waals surface area contributed by atoms with Gasteiger partial charge in [-0.1, -0.05) is 30.3 Å². The van der Waals surface area contributed by atoms with Crippen LogP contribution in [0.3, 0.4) is 0 Å². The first-order chi connectivity index (χ1) is 10.7. The van der Waals surface area contributed by atoms with Gasteiger partial charge in [0, 0.05) is 32.2 Å². The fourth-order valence-electron chi connectivity index (χ4n) is 2.93. The molecule has 1 saturated heterocycles. The molecule has 5 nitrogen and oxygen atoms in total. The highest BCUT2D eigenvalue weighted by Crippen LogP contribution is 2.17. The number of benzene rings is 1. The van der Waals surface area contributed by atoms with Crippen molar-refractivity contribution >= 4 is 6.09 Å². The average molecular weight is 306 g/mol. The Morgan fingerprint density at radius 3 is 2.59 bits per heavy atom. The van der Waals surface area contributed by atoms with E-state index in [1.165, 1.54) is 0 Å². The van der Waals surface area contributed by atoms with Gasteiger partial charge in [0.2, 0.25) is 0 Å². The predicted molar refractivity (Wildman–Crippen MR) is 85.6 cm³/mol. The van der Waals surface area contributed by atoms with E-state index < -0.39 is 0 Å². The van der Waals surface area contributed by atoms with Crippen LogP contribution >= 0.6 is 0 Å². The summed E-state index contributed by atoms with van der Waals surface area (Å²) in [5.41, 5.74) is 1.00. The topological polar surface area (TPSA) is 53.0 Å². The molecule has 1 N–H and O–H groups in total. The summed E-state index contributed by atoms with van der Waals surface area (Å²) in [5, 5.41) is 8.98. The van der Waals surface area contributed by atoms with Gasteiger partial charge in [0.25, 0.3) is 0 Å². The minimum absolute atomic E-state index is 0.196. The zero-order chi connectivity index (χ0) is 15.8. The number of aliphatic hydroxyl groups excluding tert-OH is 1. The molecule has 1 aliphatic heterocycles. The maximum Gasteiger partial charge on any atom is 0.410 e. The molecule has 1 fully saturated rings. The first-order valence-electron chi connectivity index (χ1n) is 8.05. The fourth-order valence-corrected chi connectivity index (χ4v) is 2.93. The summed E-state index contributed by atoms with van der Waals surface area (Å²) in [4.78, 5) is 16.4. The van der Waals surface area contributed by atoms with Gasteiger partial charge in [-0.25, -0.2) is 4.79 Å². The lowest BCUT2D eigenvalue weighted by atomic mass is 10.0. The number of nitrogens with zero attached hydrogens (tertiary/aromatic N) is 2. The van der Waals surface area contributed by atoms with Crippen LogP contribution in [0.1, 0.15) is 25.3 Å². The summed E-state index contributed by atoms with van der Waals surface area (Å²) in [6, 6.07) is 9.98. The number of β-amino-alcohol motifs (C(OH)–C–C–N with tert-alkyl or cyclic N) is 1. The summed E-state index contributed by atoms with van der Waals surface area (Å²) < 4.78 is 5.44. The molecule has 0 unspecified atom stereocenters. The number of aliphatic hydroxyl groups is 1. The van der Waals surface area contributed by atoms with E-state index in [0.29, 0.717) is 13.2 Å². The molecular weight excluding hydrogens is 280 g/mol. The third kappa shape index (κ3) is 4.71. The third-order valence-electron chi connectivity index (χ3n) is 4.19. The molecule has 1 amide bonds. The van der Waals surface area contributed by atoms with Crippen LogP contribution in [0.25, 0.3) is 0 Å². The number of carbonyl (C=O) groups is 1. The van der Waals surface area contributed by atoms with Crippen molar-refractivity contribution in [1.29, 1.82) is 0 Å².